The SMILES string of the molecule is COC(=O)C[C@H](C)CC(C)=O. The van der Waals surface area contributed by atoms with E-state index in [4.69, 9.17) is 0 Å². The zero-order valence-electron chi connectivity index (χ0n) is 7.22. The molecule has 0 N–H and O–H groups in total. The van der Waals surface area contributed by atoms with E-state index in [9.17, 15) is 9.59 Å². The van der Waals surface area contributed by atoms with Crippen molar-refractivity contribution < 1.29 is 14.3 Å². The third kappa shape index (κ3) is 5.58. The Bertz CT molecular complexity index is 151. The summed E-state index contributed by atoms with van der Waals surface area (Å²) in [5.41, 5.74) is 0. The van der Waals surface area contributed by atoms with Crippen LogP contribution >= 0.6 is 0 Å². The largest absolute Gasteiger partial charge is 0.469 e. The lowest BCUT2D eigenvalue weighted by molar-refractivity contribution is -0.141. The van der Waals surface area contributed by atoms with E-state index >= 15 is 0 Å². The maximum atomic E-state index is 10.7. The van der Waals surface area contributed by atoms with Crippen LogP contribution in [0.2, 0.25) is 0 Å². The molecule has 0 heterocycles. The van der Waals surface area contributed by atoms with Crippen LogP contribution in [0.1, 0.15) is 26.7 Å². The van der Waals surface area contributed by atoms with E-state index in [2.05, 4.69) is 4.74 Å². The van der Waals surface area contributed by atoms with Crippen molar-refractivity contribution >= 4 is 11.8 Å². The van der Waals surface area contributed by atoms with Crippen LogP contribution < -0.4 is 0 Å². The van der Waals surface area contributed by atoms with Crippen molar-refractivity contribution in [3.05, 3.63) is 0 Å². The fourth-order valence-electron chi connectivity index (χ4n) is 0.931. The molecule has 0 rings (SSSR count). The van der Waals surface area contributed by atoms with Crippen molar-refractivity contribution in [2.75, 3.05) is 7.11 Å². The van der Waals surface area contributed by atoms with E-state index in [0.29, 0.717) is 12.8 Å². The number of hydrogen-bond donors (Lipinski definition) is 0. The highest BCUT2D eigenvalue weighted by molar-refractivity contribution is 5.77. The quantitative estimate of drug-likeness (QED) is 0.577. The number of methoxy groups -OCH3 is 1. The summed E-state index contributed by atoms with van der Waals surface area (Å²) in [6.07, 6.45) is 0.783. The summed E-state index contributed by atoms with van der Waals surface area (Å²) >= 11 is 0. The van der Waals surface area contributed by atoms with Gasteiger partial charge in [0.1, 0.15) is 5.78 Å². The van der Waals surface area contributed by atoms with E-state index in [1.807, 2.05) is 6.92 Å². The molecule has 1 atom stereocenters. The van der Waals surface area contributed by atoms with Crippen molar-refractivity contribution in [3.8, 4) is 0 Å². The average molecular weight is 158 g/mol. The highest BCUT2D eigenvalue weighted by Gasteiger charge is 2.10. The third-order valence-corrected chi connectivity index (χ3v) is 1.38. The molecule has 0 saturated carbocycles. The van der Waals surface area contributed by atoms with Gasteiger partial charge < -0.3 is 9.53 Å². The molecule has 0 spiro atoms. The summed E-state index contributed by atoms with van der Waals surface area (Å²) in [6, 6.07) is 0. The van der Waals surface area contributed by atoms with Crippen LogP contribution in [0, 0.1) is 5.92 Å². The molecule has 0 saturated heterocycles. The van der Waals surface area contributed by atoms with E-state index in [0.717, 1.165) is 0 Å². The second-order valence-electron chi connectivity index (χ2n) is 2.79. The first-order valence-electron chi connectivity index (χ1n) is 3.62. The smallest absolute Gasteiger partial charge is 0.305 e. The fourth-order valence-corrected chi connectivity index (χ4v) is 0.931. The van der Waals surface area contributed by atoms with Crippen LogP contribution in [-0.4, -0.2) is 18.9 Å². The molecule has 3 nitrogen and oxygen atoms in total. The Morgan fingerprint density at radius 1 is 1.36 bits per heavy atom. The Hall–Kier alpha value is -0.860. The molecule has 0 aliphatic rings. The second kappa shape index (κ2) is 4.88. The Balaban J connectivity index is 3.60. The van der Waals surface area contributed by atoms with Crippen LogP contribution in [-0.2, 0) is 14.3 Å². The molecule has 0 unspecified atom stereocenters. The number of ketones is 1. The minimum atomic E-state index is -0.251. The number of rotatable bonds is 4. The number of esters is 1. The predicted molar refractivity (Wildman–Crippen MR) is 41.1 cm³/mol. The van der Waals surface area contributed by atoms with Gasteiger partial charge in [0.15, 0.2) is 0 Å². The first-order valence-corrected chi connectivity index (χ1v) is 3.62. The molecule has 0 amide bonds. The highest BCUT2D eigenvalue weighted by Crippen LogP contribution is 2.08. The zero-order valence-corrected chi connectivity index (χ0v) is 7.22. The van der Waals surface area contributed by atoms with Crippen molar-refractivity contribution in [2.45, 2.75) is 26.7 Å². The molecule has 3 heteroatoms. The highest BCUT2D eigenvalue weighted by atomic mass is 16.5. The number of hydrogen-bond acceptors (Lipinski definition) is 3. The zero-order chi connectivity index (χ0) is 8.85. The number of ether oxygens (including phenoxy) is 1. The van der Waals surface area contributed by atoms with E-state index in [1.54, 1.807) is 0 Å². The van der Waals surface area contributed by atoms with Gasteiger partial charge in [0.25, 0.3) is 0 Å². The van der Waals surface area contributed by atoms with Crippen LogP contribution in [0.3, 0.4) is 0 Å². The van der Waals surface area contributed by atoms with Crippen molar-refractivity contribution in [1.29, 1.82) is 0 Å². The molecule has 0 aromatic carbocycles. The molecule has 11 heavy (non-hydrogen) atoms. The standard InChI is InChI=1S/C8H14O3/c1-6(4-7(2)9)5-8(10)11-3/h6H,4-5H2,1-3H3/t6-/m1/s1. The van der Waals surface area contributed by atoms with Crippen molar-refractivity contribution in [3.63, 3.8) is 0 Å². The molecule has 0 aliphatic carbocycles. The first-order chi connectivity index (χ1) is 5.06. The Labute approximate surface area is 66.7 Å². The lowest BCUT2D eigenvalue weighted by Crippen LogP contribution is -2.09. The molecule has 0 bridgehead atoms. The van der Waals surface area contributed by atoms with Crippen LogP contribution in [0.5, 0.6) is 0 Å². The molecule has 0 aromatic heterocycles. The number of carbonyl (C=O) groups is 2. The number of Topliss-reactive ketones (excluding diaryl/α,β-unsaturated/α-hetero) is 1. The van der Waals surface area contributed by atoms with Gasteiger partial charge in [-0.15, -0.1) is 0 Å². The summed E-state index contributed by atoms with van der Waals surface area (Å²) in [4.78, 5) is 21.2. The normalized spacial score (nSPS) is 12.3. The Kier molecular flexibility index (Phi) is 4.50. The van der Waals surface area contributed by atoms with E-state index in [1.165, 1.54) is 14.0 Å². The number of carbonyl (C=O) groups excluding carboxylic acids is 2. The Morgan fingerprint density at radius 3 is 2.27 bits per heavy atom. The molecule has 64 valence electrons. The Morgan fingerprint density at radius 2 is 1.91 bits per heavy atom. The summed E-state index contributed by atoms with van der Waals surface area (Å²) < 4.78 is 4.45. The van der Waals surface area contributed by atoms with Gasteiger partial charge in [-0.2, -0.15) is 0 Å². The lowest BCUT2D eigenvalue weighted by Gasteiger charge is -2.05. The summed E-state index contributed by atoms with van der Waals surface area (Å²) in [5, 5.41) is 0. The molecule has 0 aromatic rings. The minimum absolute atomic E-state index is 0.0972. The minimum Gasteiger partial charge on any atom is -0.469 e. The third-order valence-electron chi connectivity index (χ3n) is 1.38. The van der Waals surface area contributed by atoms with Gasteiger partial charge in [0, 0.05) is 12.8 Å². The summed E-state index contributed by atoms with van der Waals surface area (Å²) in [6.45, 7) is 3.38. The maximum absolute atomic E-state index is 10.7. The van der Waals surface area contributed by atoms with Gasteiger partial charge in [-0.3, -0.25) is 4.79 Å². The molecular formula is C8H14O3. The van der Waals surface area contributed by atoms with Gasteiger partial charge in [-0.05, 0) is 12.8 Å². The summed E-state index contributed by atoms with van der Waals surface area (Å²) in [5.74, 6) is -0.0416. The van der Waals surface area contributed by atoms with Gasteiger partial charge in [0.2, 0.25) is 0 Å². The summed E-state index contributed by atoms with van der Waals surface area (Å²) in [7, 11) is 1.35. The van der Waals surface area contributed by atoms with Gasteiger partial charge >= 0.3 is 5.97 Å². The van der Waals surface area contributed by atoms with E-state index in [-0.39, 0.29) is 17.7 Å². The first kappa shape index (κ1) is 10.1. The topological polar surface area (TPSA) is 43.4 Å². The maximum Gasteiger partial charge on any atom is 0.305 e. The van der Waals surface area contributed by atoms with Gasteiger partial charge in [0.05, 0.1) is 7.11 Å². The van der Waals surface area contributed by atoms with Crippen LogP contribution in [0.25, 0.3) is 0 Å². The van der Waals surface area contributed by atoms with Gasteiger partial charge in [-0.25, -0.2) is 0 Å². The monoisotopic (exact) mass is 158 g/mol. The van der Waals surface area contributed by atoms with E-state index < -0.39 is 0 Å². The van der Waals surface area contributed by atoms with Gasteiger partial charge in [-0.1, -0.05) is 6.92 Å². The molecule has 0 aliphatic heterocycles. The predicted octanol–water partition coefficient (Wildman–Crippen LogP) is 1.16. The van der Waals surface area contributed by atoms with Crippen LogP contribution in [0.15, 0.2) is 0 Å². The van der Waals surface area contributed by atoms with Crippen molar-refractivity contribution in [1.82, 2.24) is 0 Å². The van der Waals surface area contributed by atoms with Crippen molar-refractivity contribution in [2.24, 2.45) is 5.92 Å². The second-order valence-corrected chi connectivity index (χ2v) is 2.79. The fraction of sp³-hybridized carbons (Fsp3) is 0.750. The van der Waals surface area contributed by atoms with Crippen LogP contribution in [0.4, 0.5) is 0 Å². The molecular weight excluding hydrogens is 144 g/mol. The molecule has 0 fully saturated rings. The molecule has 0 radical (unpaired) electrons. The lowest BCUT2D eigenvalue weighted by atomic mass is 10.0. The average Bonchev–Trinajstić information content (AvgIpc) is 1.85.